The van der Waals surface area contributed by atoms with E-state index in [0.717, 1.165) is 29.3 Å². The zero-order chi connectivity index (χ0) is 42.3. The Labute approximate surface area is 337 Å². The van der Waals surface area contributed by atoms with Crippen molar-refractivity contribution < 1.29 is 45.1 Å². The van der Waals surface area contributed by atoms with Gasteiger partial charge in [0.25, 0.3) is 26.1 Å². The van der Waals surface area contributed by atoms with E-state index in [-0.39, 0.29) is 27.6 Å². The van der Waals surface area contributed by atoms with Crippen LogP contribution in [-0.4, -0.2) is 69.5 Å². The van der Waals surface area contributed by atoms with Crippen LogP contribution in [0.2, 0.25) is 0 Å². The normalized spacial score (nSPS) is 12.7. The molecule has 1 atom stereocenters. The molecule has 18 nitrogen and oxygen atoms in total. The van der Waals surface area contributed by atoms with Crippen LogP contribution in [0.15, 0.2) is 87.3 Å². The van der Waals surface area contributed by atoms with Gasteiger partial charge in [-0.25, -0.2) is 19.7 Å². The van der Waals surface area contributed by atoms with Gasteiger partial charge >= 0.3 is 5.97 Å². The summed E-state index contributed by atoms with van der Waals surface area (Å²) in [5, 5.41) is 24.5. The minimum Gasteiger partial charge on any atom is -0.478 e. The molecule has 1 unspecified atom stereocenters. The Morgan fingerprint density at radius 3 is 2.37 bits per heavy atom. The van der Waals surface area contributed by atoms with Crippen LogP contribution < -0.4 is 21.7 Å². The van der Waals surface area contributed by atoms with Gasteiger partial charge in [0, 0.05) is 41.7 Å². The third-order valence-corrected chi connectivity index (χ3v) is 12.6. The van der Waals surface area contributed by atoms with Crippen LogP contribution in [-0.2, 0) is 27.3 Å². The average molecular weight is 855 g/mol. The number of nitrogens with one attached hydrogen (secondary N) is 3. The van der Waals surface area contributed by atoms with Crippen molar-refractivity contribution in [2.45, 2.75) is 22.8 Å². The van der Waals surface area contributed by atoms with Crippen molar-refractivity contribution in [2.75, 3.05) is 18.1 Å². The molecule has 8 rings (SSSR count). The Morgan fingerprint density at radius 2 is 1.68 bits per heavy atom. The molecule has 2 aliphatic rings. The standard InChI is InChI=1S/C38H30N8O10S3/c1-16(17-5-4-6-19(13-17)36-44-28-29-27(42-15-46(29)3)34(41-2)45-37(28)57-36)43-35(47)18-7-8-20(23(14-18)38(48)49)26-21-9-11-24(39)32(58(50,51)52)30(21)56-31-22(26)10-12-25(40)33(31)59(53,54)55/h4-16,39H,40H2,1-3H3,(H,41,45)(H,43,47)(H,48,49)(H,50,51,52)(H,53,54,55). The predicted octanol–water partition coefficient (Wildman–Crippen LogP) is 5.55. The maximum Gasteiger partial charge on any atom is 0.336 e. The van der Waals surface area contributed by atoms with Crippen molar-refractivity contribution in [3.8, 4) is 33.0 Å². The highest BCUT2D eigenvalue weighted by Gasteiger charge is 2.32. The third kappa shape index (κ3) is 6.59. The Balaban J connectivity index is 1.19. The van der Waals surface area contributed by atoms with E-state index < -0.39 is 75.9 Å². The van der Waals surface area contributed by atoms with Gasteiger partial charge in [-0.3, -0.25) is 19.3 Å². The number of amides is 1. The number of nitrogens with zero attached hydrogens (tertiary/aromatic N) is 4. The van der Waals surface area contributed by atoms with Crippen LogP contribution in [0.3, 0.4) is 0 Å². The topological polar surface area (TPSA) is 294 Å². The first-order valence-corrected chi connectivity index (χ1v) is 21.0. The van der Waals surface area contributed by atoms with Gasteiger partial charge in [0.15, 0.2) is 27.0 Å². The first kappa shape index (κ1) is 39.1. The Kier molecular flexibility index (Phi) is 9.24. The van der Waals surface area contributed by atoms with Gasteiger partial charge in [-0.05, 0) is 60.5 Å². The maximum atomic E-state index is 13.7. The molecule has 6 aromatic rings. The van der Waals surface area contributed by atoms with E-state index in [0.29, 0.717) is 32.3 Å². The van der Waals surface area contributed by atoms with Gasteiger partial charge < -0.3 is 30.5 Å². The Bertz CT molecular complexity index is 3380. The molecule has 1 aliphatic carbocycles. The van der Waals surface area contributed by atoms with Crippen molar-refractivity contribution in [3.05, 3.63) is 95.1 Å². The molecule has 0 fully saturated rings. The number of thiazole rings is 1. The summed E-state index contributed by atoms with van der Waals surface area (Å²) in [6, 6.07) is 15.1. The number of pyridine rings is 1. The summed E-state index contributed by atoms with van der Waals surface area (Å²) in [6.45, 7) is 1.75. The fraction of sp³-hybridized carbons (Fsp3) is 0.105. The molecule has 59 heavy (non-hydrogen) atoms. The monoisotopic (exact) mass is 854 g/mol. The smallest absolute Gasteiger partial charge is 0.336 e. The highest BCUT2D eigenvalue weighted by Crippen LogP contribution is 2.46. The number of aromatic carboxylic acids is 1. The zero-order valence-corrected chi connectivity index (χ0v) is 33.2. The van der Waals surface area contributed by atoms with E-state index in [1.54, 1.807) is 20.3 Å². The van der Waals surface area contributed by atoms with Crippen molar-refractivity contribution in [2.24, 2.45) is 7.05 Å². The number of anilines is 2. The molecule has 21 heteroatoms. The molecule has 3 aromatic carbocycles. The van der Waals surface area contributed by atoms with E-state index in [9.17, 15) is 40.6 Å². The fourth-order valence-electron chi connectivity index (χ4n) is 7.06. The first-order chi connectivity index (χ1) is 27.9. The molecule has 3 aromatic heterocycles. The summed E-state index contributed by atoms with van der Waals surface area (Å²) < 4.78 is 77.9. The summed E-state index contributed by atoms with van der Waals surface area (Å²) in [5.74, 6) is -2.27. The number of hydrogen-bond donors (Lipinski definition) is 7. The number of aryl methyl sites for hydroxylation is 1. The summed E-state index contributed by atoms with van der Waals surface area (Å²) in [7, 11) is -6.72. The highest BCUT2D eigenvalue weighted by atomic mass is 32.2. The van der Waals surface area contributed by atoms with Crippen LogP contribution in [0.25, 0.3) is 65.4 Å². The van der Waals surface area contributed by atoms with Gasteiger partial charge in [0.2, 0.25) is 0 Å². The molecule has 1 aliphatic heterocycles. The fourth-order valence-corrected chi connectivity index (χ4v) is 9.48. The van der Waals surface area contributed by atoms with Crippen LogP contribution in [0.4, 0.5) is 11.5 Å². The molecule has 4 heterocycles. The minimum absolute atomic E-state index is 0.0731. The molecular formula is C38H30N8O10S3. The van der Waals surface area contributed by atoms with Gasteiger partial charge in [-0.2, -0.15) is 16.8 Å². The van der Waals surface area contributed by atoms with E-state index in [1.165, 1.54) is 35.6 Å². The van der Waals surface area contributed by atoms with E-state index in [2.05, 4.69) is 15.6 Å². The Hall–Kier alpha value is -6.78. The number of hydrogen-bond acceptors (Lipinski definition) is 14. The van der Waals surface area contributed by atoms with Crippen molar-refractivity contribution in [1.82, 2.24) is 24.8 Å². The van der Waals surface area contributed by atoms with Crippen LogP contribution >= 0.6 is 11.3 Å². The summed E-state index contributed by atoms with van der Waals surface area (Å²) in [4.78, 5) is 39.4. The average Bonchev–Trinajstić information content (AvgIpc) is 3.78. The number of aromatic nitrogens is 4. The molecular weight excluding hydrogens is 825 g/mol. The lowest BCUT2D eigenvalue weighted by Gasteiger charge is -2.20. The quantitative estimate of drug-likeness (QED) is 0.0532. The number of benzene rings is 4. The molecule has 8 N–H and O–H groups in total. The SMILES string of the molecule is CNc1nc2sc(-c3cccc(C(C)NC(=O)c4ccc(-c5c6ccc(=N)c(S(=O)(=O)O)c-6oc6c(S(=O)(=O)O)c(N)ccc56)c(C(=O)O)c4)c3)nc2c2c1ncn2C. The lowest BCUT2D eigenvalue weighted by molar-refractivity contribution is 0.0697. The molecule has 0 radical (unpaired) electrons. The molecule has 0 saturated heterocycles. The van der Waals surface area contributed by atoms with Crippen LogP contribution in [0.1, 0.15) is 39.2 Å². The van der Waals surface area contributed by atoms with Crippen molar-refractivity contribution >= 4 is 87.3 Å². The largest absolute Gasteiger partial charge is 0.478 e. The number of carboxylic acids is 1. The predicted molar refractivity (Wildman–Crippen MR) is 218 cm³/mol. The maximum absolute atomic E-state index is 13.7. The number of carbonyl (C=O) groups is 2. The second-order valence-corrected chi connectivity index (χ2v) is 17.1. The van der Waals surface area contributed by atoms with Crippen molar-refractivity contribution in [3.63, 3.8) is 0 Å². The molecule has 0 bridgehead atoms. The second-order valence-electron chi connectivity index (χ2n) is 13.4. The summed E-state index contributed by atoms with van der Waals surface area (Å²) >= 11 is 1.40. The molecule has 300 valence electrons. The summed E-state index contributed by atoms with van der Waals surface area (Å²) in [6.07, 6.45) is 1.70. The zero-order valence-electron chi connectivity index (χ0n) is 30.8. The number of rotatable bonds is 9. The highest BCUT2D eigenvalue weighted by molar-refractivity contribution is 7.86. The van der Waals surface area contributed by atoms with E-state index in [1.807, 2.05) is 35.9 Å². The number of carbonyl (C=O) groups excluding carboxylic acids is 1. The first-order valence-electron chi connectivity index (χ1n) is 17.3. The van der Waals surface area contributed by atoms with Crippen molar-refractivity contribution in [1.29, 1.82) is 5.41 Å². The molecule has 0 spiro atoms. The number of imidazole rings is 1. The molecule has 0 saturated carbocycles. The van der Waals surface area contributed by atoms with Crippen LogP contribution in [0, 0.1) is 5.41 Å². The van der Waals surface area contributed by atoms with Gasteiger partial charge in [0.1, 0.15) is 26.4 Å². The van der Waals surface area contributed by atoms with E-state index in [4.69, 9.17) is 25.5 Å². The number of carboxylic acid groups (broad SMARTS) is 1. The lowest BCUT2D eigenvalue weighted by Crippen LogP contribution is -2.27. The third-order valence-electron chi connectivity index (χ3n) is 9.72. The van der Waals surface area contributed by atoms with Gasteiger partial charge in [0.05, 0.1) is 29.0 Å². The summed E-state index contributed by atoms with van der Waals surface area (Å²) in [5.41, 5.74) is 7.45. The minimum atomic E-state index is -5.20. The second kappa shape index (κ2) is 14.0. The van der Waals surface area contributed by atoms with Gasteiger partial charge in [-0.15, -0.1) is 0 Å². The number of fused-ring (bicyclic) bond motifs is 5. The lowest BCUT2D eigenvalue weighted by atomic mass is 9.89. The van der Waals surface area contributed by atoms with Gasteiger partial charge in [-0.1, -0.05) is 35.6 Å². The van der Waals surface area contributed by atoms with Crippen LogP contribution in [0.5, 0.6) is 0 Å². The molecule has 1 amide bonds. The van der Waals surface area contributed by atoms with E-state index >= 15 is 0 Å². The number of nitrogen functional groups attached to an aromatic ring is 1. The number of nitrogens with two attached hydrogens (primary N) is 1. The Morgan fingerprint density at radius 1 is 0.949 bits per heavy atom.